The van der Waals surface area contributed by atoms with Gasteiger partial charge < -0.3 is 4.74 Å². The van der Waals surface area contributed by atoms with Gasteiger partial charge in [0.1, 0.15) is 0 Å². The first-order valence-electron chi connectivity index (χ1n) is 8.26. The summed E-state index contributed by atoms with van der Waals surface area (Å²) in [7, 11) is 0. The molecule has 9 heteroatoms. The van der Waals surface area contributed by atoms with Crippen molar-refractivity contribution in [3.63, 3.8) is 0 Å². The normalized spacial score (nSPS) is 10.8. The summed E-state index contributed by atoms with van der Waals surface area (Å²) in [6.45, 7) is 0. The van der Waals surface area contributed by atoms with Crippen LogP contribution in [0.15, 0.2) is 60.7 Å². The van der Waals surface area contributed by atoms with E-state index in [2.05, 4.69) is 19.9 Å². The molecule has 4 aromatic rings. The summed E-state index contributed by atoms with van der Waals surface area (Å²) in [4.78, 5) is 14.6. The van der Waals surface area contributed by atoms with Crippen molar-refractivity contribution in [1.82, 2.24) is 19.9 Å². The fraction of sp³-hybridized carbons (Fsp3) is 0. The third-order valence-electron chi connectivity index (χ3n) is 3.84. The highest BCUT2D eigenvalue weighted by molar-refractivity contribution is 5.60. The van der Waals surface area contributed by atoms with Crippen molar-refractivity contribution in [2.24, 2.45) is 0 Å². The van der Waals surface area contributed by atoms with E-state index in [-0.39, 0.29) is 34.3 Å². The Balaban J connectivity index is 1.63. The zero-order valence-corrected chi connectivity index (χ0v) is 14.5. The van der Waals surface area contributed by atoms with Gasteiger partial charge in [-0.15, -0.1) is 0 Å². The van der Waals surface area contributed by atoms with Crippen LogP contribution in [0, 0.1) is 23.8 Å². The zero-order chi connectivity index (χ0) is 20.4. The van der Waals surface area contributed by atoms with Crippen molar-refractivity contribution in [3.8, 4) is 34.3 Å². The molecule has 0 unspecified atom stereocenters. The van der Waals surface area contributed by atoms with Crippen LogP contribution in [0.4, 0.5) is 17.6 Å². The van der Waals surface area contributed by atoms with Gasteiger partial charge in [0, 0.05) is 12.1 Å². The molecule has 0 radical (unpaired) electrons. The largest absolute Gasteiger partial charge is 0.421 e. The quantitative estimate of drug-likeness (QED) is 0.360. The van der Waals surface area contributed by atoms with Gasteiger partial charge in [0.15, 0.2) is 0 Å². The molecule has 4 heterocycles. The summed E-state index contributed by atoms with van der Waals surface area (Å²) < 4.78 is 59.4. The van der Waals surface area contributed by atoms with Crippen molar-refractivity contribution >= 4 is 0 Å². The van der Waals surface area contributed by atoms with Crippen LogP contribution in [0.1, 0.15) is 0 Å². The summed E-state index contributed by atoms with van der Waals surface area (Å²) in [6.07, 6.45) is 0. The van der Waals surface area contributed by atoms with E-state index in [9.17, 15) is 17.6 Å². The van der Waals surface area contributed by atoms with Crippen LogP contribution >= 0.6 is 0 Å². The first-order valence-corrected chi connectivity index (χ1v) is 8.26. The van der Waals surface area contributed by atoms with E-state index in [1.807, 2.05) is 0 Å². The Morgan fingerprint density at radius 3 is 1.38 bits per heavy atom. The number of rotatable bonds is 4. The lowest BCUT2D eigenvalue weighted by Crippen LogP contribution is -1.97. The lowest BCUT2D eigenvalue weighted by molar-refractivity contribution is 0.445. The maximum atomic E-state index is 13.9. The topological polar surface area (TPSA) is 60.8 Å². The van der Waals surface area contributed by atoms with Crippen LogP contribution in [-0.4, -0.2) is 19.9 Å². The molecule has 0 aromatic carbocycles. The van der Waals surface area contributed by atoms with Gasteiger partial charge in [-0.2, -0.15) is 27.5 Å². The summed E-state index contributed by atoms with van der Waals surface area (Å²) in [5.41, 5.74) is 0.353. The van der Waals surface area contributed by atoms with Crippen molar-refractivity contribution in [1.29, 1.82) is 0 Å². The Bertz CT molecular complexity index is 1110. The van der Waals surface area contributed by atoms with Gasteiger partial charge >= 0.3 is 0 Å². The predicted octanol–water partition coefficient (Wildman–Crippen LogP) is 4.95. The standard InChI is InChI=1S/C20H10F4N4O/c21-15-9-7-11(19(23)27-15)13-3-1-5-17(25-13)29-18-6-2-4-14(26-18)12-8-10-16(22)28-20(12)24/h1-10H. The summed E-state index contributed by atoms with van der Waals surface area (Å²) in [6, 6.07) is 13.6. The molecule has 0 fully saturated rings. The molecule has 0 saturated heterocycles. The van der Waals surface area contributed by atoms with Crippen LogP contribution in [-0.2, 0) is 0 Å². The highest BCUT2D eigenvalue weighted by Gasteiger charge is 2.13. The molecule has 29 heavy (non-hydrogen) atoms. The van der Waals surface area contributed by atoms with Crippen molar-refractivity contribution in [2.45, 2.75) is 0 Å². The highest BCUT2D eigenvalue weighted by Crippen LogP contribution is 2.26. The second-order valence-corrected chi connectivity index (χ2v) is 5.77. The van der Waals surface area contributed by atoms with E-state index in [0.29, 0.717) is 0 Å². The Kier molecular flexibility index (Phi) is 4.86. The molecule has 0 spiro atoms. The highest BCUT2D eigenvalue weighted by atomic mass is 19.1. The van der Waals surface area contributed by atoms with Crippen molar-refractivity contribution in [2.75, 3.05) is 0 Å². The van der Waals surface area contributed by atoms with Gasteiger partial charge in [0.05, 0.1) is 22.5 Å². The lowest BCUT2D eigenvalue weighted by atomic mass is 10.2. The van der Waals surface area contributed by atoms with Crippen LogP contribution in [0.2, 0.25) is 0 Å². The van der Waals surface area contributed by atoms with Gasteiger partial charge in [0.25, 0.3) is 0 Å². The zero-order valence-electron chi connectivity index (χ0n) is 14.5. The number of pyridine rings is 4. The van der Waals surface area contributed by atoms with E-state index in [4.69, 9.17) is 4.74 Å². The molecule has 0 atom stereocenters. The molecule has 144 valence electrons. The third-order valence-corrected chi connectivity index (χ3v) is 3.84. The van der Waals surface area contributed by atoms with Crippen LogP contribution < -0.4 is 4.74 Å². The molecule has 0 saturated carbocycles. The SMILES string of the molecule is Fc1ccc(-c2cccc(Oc3cccc(-c4ccc(F)nc4F)n3)n2)c(F)n1. The van der Waals surface area contributed by atoms with Crippen LogP contribution in [0.3, 0.4) is 0 Å². The smallest absolute Gasteiger partial charge is 0.224 e. The van der Waals surface area contributed by atoms with Gasteiger partial charge in [-0.05, 0) is 36.4 Å². The first-order chi connectivity index (χ1) is 14.0. The maximum absolute atomic E-state index is 13.9. The molecule has 4 rings (SSSR count). The van der Waals surface area contributed by atoms with Gasteiger partial charge in [-0.1, -0.05) is 12.1 Å². The molecule has 0 N–H and O–H groups in total. The average molecular weight is 398 g/mol. The van der Waals surface area contributed by atoms with E-state index in [1.165, 1.54) is 36.4 Å². The minimum absolute atomic E-state index is 0.00184. The Morgan fingerprint density at radius 1 is 0.517 bits per heavy atom. The van der Waals surface area contributed by atoms with E-state index >= 15 is 0 Å². The Morgan fingerprint density at radius 2 is 0.966 bits per heavy atom. The number of nitrogens with zero attached hydrogens (tertiary/aromatic N) is 4. The molecular formula is C20H10F4N4O. The number of hydrogen-bond acceptors (Lipinski definition) is 5. The Labute approximate surface area is 161 Å². The summed E-state index contributed by atoms with van der Waals surface area (Å²) in [5.74, 6) is -3.74. The molecule has 0 amide bonds. The fourth-order valence-corrected chi connectivity index (χ4v) is 2.56. The summed E-state index contributed by atoms with van der Waals surface area (Å²) in [5, 5.41) is 0. The minimum atomic E-state index is -1.01. The third kappa shape index (κ3) is 4.03. The minimum Gasteiger partial charge on any atom is -0.421 e. The van der Waals surface area contributed by atoms with E-state index < -0.39 is 23.8 Å². The first kappa shape index (κ1) is 18.5. The van der Waals surface area contributed by atoms with Crippen molar-refractivity contribution < 1.29 is 22.3 Å². The monoisotopic (exact) mass is 398 g/mol. The fourth-order valence-electron chi connectivity index (χ4n) is 2.56. The van der Waals surface area contributed by atoms with Gasteiger partial charge in [0.2, 0.25) is 35.6 Å². The van der Waals surface area contributed by atoms with Gasteiger partial charge in [-0.25, -0.2) is 9.97 Å². The average Bonchev–Trinajstić information content (AvgIpc) is 2.68. The molecular weight excluding hydrogens is 388 g/mol. The maximum Gasteiger partial charge on any atom is 0.224 e. The second-order valence-electron chi connectivity index (χ2n) is 5.77. The number of ether oxygens (including phenoxy) is 1. The number of halogens is 4. The summed E-state index contributed by atoms with van der Waals surface area (Å²) >= 11 is 0. The lowest BCUT2D eigenvalue weighted by Gasteiger charge is -2.08. The predicted molar refractivity (Wildman–Crippen MR) is 94.8 cm³/mol. The molecule has 5 nitrogen and oxygen atoms in total. The van der Waals surface area contributed by atoms with Gasteiger partial charge in [-0.3, -0.25) is 0 Å². The molecule has 0 aliphatic heterocycles. The molecule has 0 aliphatic rings. The second kappa shape index (κ2) is 7.63. The molecule has 0 aliphatic carbocycles. The van der Waals surface area contributed by atoms with Crippen LogP contribution in [0.25, 0.3) is 22.5 Å². The molecule has 0 bridgehead atoms. The van der Waals surface area contributed by atoms with E-state index in [0.717, 1.165) is 12.1 Å². The molecule has 4 aromatic heterocycles. The van der Waals surface area contributed by atoms with Crippen molar-refractivity contribution in [3.05, 3.63) is 84.5 Å². The van der Waals surface area contributed by atoms with E-state index in [1.54, 1.807) is 12.1 Å². The number of hydrogen-bond donors (Lipinski definition) is 0. The number of aromatic nitrogens is 4. The Hall–Kier alpha value is -3.88. The van der Waals surface area contributed by atoms with Crippen LogP contribution in [0.5, 0.6) is 11.8 Å².